The van der Waals surface area contributed by atoms with Crippen LogP contribution in [0.5, 0.6) is 5.75 Å². The number of carbonyl (C=O) groups excluding carboxylic acids is 1. The molecule has 13 heteroatoms. The maximum atomic E-state index is 15.7. The number of rotatable bonds is 25. The van der Waals surface area contributed by atoms with Gasteiger partial charge in [0.2, 0.25) is 6.23 Å². The summed E-state index contributed by atoms with van der Waals surface area (Å²) in [4.78, 5) is 28.6. The van der Waals surface area contributed by atoms with Crippen molar-refractivity contribution in [3.63, 3.8) is 0 Å². The van der Waals surface area contributed by atoms with Gasteiger partial charge in [0.15, 0.2) is 15.1 Å². The lowest BCUT2D eigenvalue weighted by Crippen LogP contribution is -2.44. The number of hydrogen-bond acceptors (Lipinski definition) is 9. The fourth-order valence-electron chi connectivity index (χ4n) is 5.77. The number of halogens is 2. The second kappa shape index (κ2) is 22.1. The molecule has 1 aromatic heterocycles. The Morgan fingerprint density at radius 3 is 2.10 bits per heavy atom. The lowest BCUT2D eigenvalue weighted by Gasteiger charge is -2.24. The molecule has 0 amide bonds. The third-order valence-electron chi connectivity index (χ3n) is 8.53. The Hall–Kier alpha value is -2.66. The minimum Gasteiger partial charge on any atom is -0.508 e. The summed E-state index contributed by atoms with van der Waals surface area (Å²) in [6.45, 7) is 1.90. The smallest absolute Gasteiger partial charge is 0.351 e. The number of nitrogens with zero attached hydrogens (tertiary/aromatic N) is 2. The Morgan fingerprint density at radius 1 is 0.938 bits per heavy atom. The van der Waals surface area contributed by atoms with Gasteiger partial charge in [0.05, 0.1) is 13.2 Å². The molecule has 1 fully saturated rings. The first-order valence-electron chi connectivity index (χ1n) is 17.6. The van der Waals surface area contributed by atoms with E-state index < -0.39 is 45.1 Å². The molecule has 1 unspecified atom stereocenters. The van der Waals surface area contributed by atoms with Gasteiger partial charge in [-0.2, -0.15) is 13.8 Å². The molecule has 0 bridgehead atoms. The molecule has 1 aliphatic rings. The number of nitrogen functional groups attached to an aromatic ring is 1. The molecule has 0 spiro atoms. The monoisotopic (exact) mass is 697 g/mol. The molecule has 4 atom stereocenters. The van der Waals surface area contributed by atoms with Gasteiger partial charge < -0.3 is 29.4 Å². The average Bonchev–Trinajstić information content (AvgIpc) is 3.29. The van der Waals surface area contributed by atoms with E-state index in [0.29, 0.717) is 16.6 Å². The van der Waals surface area contributed by atoms with E-state index in [9.17, 15) is 14.7 Å². The van der Waals surface area contributed by atoms with Gasteiger partial charge in [-0.3, -0.25) is 9.36 Å². The number of phenolic OH excluding ortho intramolecular Hbond substituents is 1. The van der Waals surface area contributed by atoms with Crippen LogP contribution in [0.15, 0.2) is 41.3 Å². The number of esters is 1. The number of aromatic nitrogens is 2. The summed E-state index contributed by atoms with van der Waals surface area (Å²) in [5.41, 5.74) is 5.04. The van der Waals surface area contributed by atoms with Gasteiger partial charge in [-0.15, -0.1) is 0 Å². The molecule has 1 aromatic carbocycles. The van der Waals surface area contributed by atoms with Crippen LogP contribution >= 0.6 is 9.03 Å². The van der Waals surface area contributed by atoms with Crippen LogP contribution in [0.2, 0.25) is 0 Å². The van der Waals surface area contributed by atoms with Crippen molar-refractivity contribution in [2.45, 2.75) is 147 Å². The molecule has 10 nitrogen and oxygen atoms in total. The van der Waals surface area contributed by atoms with E-state index in [-0.39, 0.29) is 31.2 Å². The summed E-state index contributed by atoms with van der Waals surface area (Å²) in [5, 5.41) is 9.87. The number of carbonyl (C=O) groups is 1. The number of phenols is 1. The zero-order valence-electron chi connectivity index (χ0n) is 28.3. The van der Waals surface area contributed by atoms with Crippen LogP contribution in [0, 0.1) is 0 Å². The normalized spacial score (nSPS) is 18.9. The first kappa shape index (κ1) is 39.8. The van der Waals surface area contributed by atoms with Crippen molar-refractivity contribution < 1.29 is 37.2 Å². The van der Waals surface area contributed by atoms with E-state index in [4.69, 9.17) is 24.3 Å². The van der Waals surface area contributed by atoms with Crippen molar-refractivity contribution in [3.8, 4) is 5.75 Å². The van der Waals surface area contributed by atoms with Crippen molar-refractivity contribution in [3.05, 3.63) is 52.6 Å². The first-order chi connectivity index (χ1) is 23.2. The fourth-order valence-corrected chi connectivity index (χ4v) is 6.30. The molecule has 3 rings (SSSR count). The topological polar surface area (TPSA) is 135 Å². The van der Waals surface area contributed by atoms with Crippen LogP contribution in [0.4, 0.5) is 14.6 Å². The van der Waals surface area contributed by atoms with Crippen LogP contribution in [0.3, 0.4) is 0 Å². The number of benzene rings is 1. The van der Waals surface area contributed by atoms with Crippen molar-refractivity contribution in [1.29, 1.82) is 0 Å². The molecular weight excluding hydrogens is 643 g/mol. The number of anilines is 1. The molecule has 0 saturated carbocycles. The van der Waals surface area contributed by atoms with E-state index in [1.54, 1.807) is 18.2 Å². The standard InChI is InChI=1S/C35H54F2N3O7P/c1-2-3-4-5-6-7-8-9-10-11-12-13-14-15-16-17-22-31(42)47-32-29(26-45-48-44-25-27-20-18-19-21-28(27)41)46-33(35(32,36)37)40-24-23-30(38)39-34(40)43/h18-21,23-24,29,32-33,41,48H,2-17,22,25-26H2,1H3,(H2,38,39,43)/t29-,32-,33-/m1/s1. The van der Waals surface area contributed by atoms with Gasteiger partial charge in [-0.05, 0) is 18.6 Å². The van der Waals surface area contributed by atoms with Crippen molar-refractivity contribution in [2.75, 3.05) is 12.3 Å². The first-order valence-corrected chi connectivity index (χ1v) is 18.4. The van der Waals surface area contributed by atoms with E-state index in [2.05, 4.69) is 11.9 Å². The zero-order valence-corrected chi connectivity index (χ0v) is 29.3. The maximum absolute atomic E-state index is 15.7. The number of unbranched alkanes of at least 4 members (excludes halogenated alkanes) is 15. The van der Waals surface area contributed by atoms with E-state index in [1.807, 2.05) is 0 Å². The summed E-state index contributed by atoms with van der Waals surface area (Å²) in [7, 11) is -0.573. The van der Waals surface area contributed by atoms with Crippen LogP contribution < -0.4 is 11.4 Å². The highest BCUT2D eigenvalue weighted by atomic mass is 31.1. The predicted molar refractivity (Wildman–Crippen MR) is 183 cm³/mol. The average molecular weight is 698 g/mol. The number of ether oxygens (including phenoxy) is 2. The Bertz CT molecular complexity index is 1270. The third-order valence-corrected chi connectivity index (χ3v) is 9.08. The Morgan fingerprint density at radius 2 is 1.52 bits per heavy atom. The van der Waals surface area contributed by atoms with Crippen LogP contribution in [0.1, 0.15) is 128 Å². The van der Waals surface area contributed by atoms with E-state index in [0.717, 1.165) is 31.9 Å². The molecule has 0 radical (unpaired) electrons. The lowest BCUT2D eigenvalue weighted by atomic mass is 10.0. The second-order valence-corrected chi connectivity index (χ2v) is 13.3. The van der Waals surface area contributed by atoms with E-state index in [1.165, 1.54) is 82.8 Å². The molecule has 3 N–H and O–H groups in total. The van der Waals surface area contributed by atoms with Gasteiger partial charge in [-0.25, -0.2) is 4.79 Å². The molecule has 1 saturated heterocycles. The van der Waals surface area contributed by atoms with E-state index >= 15 is 8.78 Å². The van der Waals surface area contributed by atoms with Gasteiger partial charge in [-0.1, -0.05) is 121 Å². The zero-order chi connectivity index (χ0) is 34.6. The van der Waals surface area contributed by atoms with Crippen LogP contribution in [0.25, 0.3) is 0 Å². The van der Waals surface area contributed by atoms with Gasteiger partial charge in [0, 0.05) is 18.2 Å². The Kier molecular flexibility index (Phi) is 18.3. The highest BCUT2D eigenvalue weighted by Gasteiger charge is 2.62. The minimum absolute atomic E-state index is 0.00191. The molecule has 2 heterocycles. The van der Waals surface area contributed by atoms with Crippen molar-refractivity contribution >= 4 is 20.8 Å². The van der Waals surface area contributed by atoms with Crippen molar-refractivity contribution in [1.82, 2.24) is 9.55 Å². The lowest BCUT2D eigenvalue weighted by molar-refractivity contribution is -0.176. The molecular formula is C35H54F2N3O7P. The second-order valence-electron chi connectivity index (χ2n) is 12.5. The van der Waals surface area contributed by atoms with Gasteiger partial charge >= 0.3 is 17.6 Å². The van der Waals surface area contributed by atoms with Crippen LogP contribution in [-0.2, 0) is 29.9 Å². The highest BCUT2D eigenvalue weighted by Crippen LogP contribution is 2.44. The Balaban J connectivity index is 1.38. The molecule has 270 valence electrons. The summed E-state index contributed by atoms with van der Waals surface area (Å²) in [6.07, 6.45) is 14.7. The third kappa shape index (κ3) is 13.7. The summed E-state index contributed by atoms with van der Waals surface area (Å²) < 4.78 is 53.8. The van der Waals surface area contributed by atoms with Gasteiger partial charge in [0.1, 0.15) is 17.7 Å². The fraction of sp³-hybridized carbons (Fsp3) is 0.686. The molecule has 0 aliphatic carbocycles. The summed E-state index contributed by atoms with van der Waals surface area (Å²) in [6, 6.07) is 7.82. The molecule has 2 aromatic rings. The predicted octanol–water partition coefficient (Wildman–Crippen LogP) is 8.37. The number of hydrogen-bond donors (Lipinski definition) is 2. The minimum atomic E-state index is -3.76. The molecule has 1 aliphatic heterocycles. The van der Waals surface area contributed by atoms with Crippen LogP contribution in [-0.4, -0.2) is 45.4 Å². The number of nitrogens with two attached hydrogens (primary N) is 1. The number of alkyl halides is 2. The summed E-state index contributed by atoms with van der Waals surface area (Å²) in [5.74, 6) is -4.59. The highest BCUT2D eigenvalue weighted by molar-refractivity contribution is 7.26. The number of aromatic hydroxyl groups is 1. The maximum Gasteiger partial charge on any atom is 0.351 e. The summed E-state index contributed by atoms with van der Waals surface area (Å²) >= 11 is 0. The number of para-hydroxylation sites is 1. The van der Waals surface area contributed by atoms with Gasteiger partial charge in [0.25, 0.3) is 0 Å². The SMILES string of the molecule is CCCCCCCCCCCCCCCCCCC(=O)O[C@@H]1[C@@H](COPOCc2ccccc2O)O[C@@H](n2ccc(N)nc2=O)C1(F)F. The van der Waals surface area contributed by atoms with Crippen molar-refractivity contribution in [2.24, 2.45) is 0 Å². The quantitative estimate of drug-likeness (QED) is 0.0596. The Labute approximate surface area is 285 Å². The largest absolute Gasteiger partial charge is 0.508 e. The molecule has 48 heavy (non-hydrogen) atoms.